The van der Waals surface area contributed by atoms with Crippen LogP contribution in [0.25, 0.3) is 0 Å². The van der Waals surface area contributed by atoms with Crippen molar-refractivity contribution in [2.24, 2.45) is 5.73 Å². The predicted molar refractivity (Wildman–Crippen MR) is 79.3 cm³/mol. The van der Waals surface area contributed by atoms with E-state index in [1.807, 2.05) is 17.8 Å². The molecule has 1 aliphatic rings. The lowest BCUT2D eigenvalue weighted by Crippen LogP contribution is -2.52. The van der Waals surface area contributed by atoms with Gasteiger partial charge >= 0.3 is 0 Å². The van der Waals surface area contributed by atoms with Gasteiger partial charge in [-0.15, -0.1) is 0 Å². The van der Waals surface area contributed by atoms with Gasteiger partial charge in [0.1, 0.15) is 5.75 Å². The first-order valence-corrected chi connectivity index (χ1v) is 7.71. The van der Waals surface area contributed by atoms with Crippen LogP contribution in [0, 0.1) is 0 Å². The molecular weight excluding hydrogens is 242 g/mol. The second kappa shape index (κ2) is 5.14. The van der Waals surface area contributed by atoms with Gasteiger partial charge in [0.2, 0.25) is 0 Å². The van der Waals surface area contributed by atoms with Gasteiger partial charge in [-0.3, -0.25) is 0 Å². The summed E-state index contributed by atoms with van der Waals surface area (Å²) in [6, 6.07) is 5.87. The van der Waals surface area contributed by atoms with Crippen molar-refractivity contribution in [3.8, 4) is 5.75 Å². The molecule has 0 aliphatic heterocycles. The molecule has 2 rings (SSSR count). The van der Waals surface area contributed by atoms with Crippen LogP contribution in [0.15, 0.2) is 18.2 Å². The summed E-state index contributed by atoms with van der Waals surface area (Å²) in [6.45, 7) is 6.59. The standard InChI is InChI=1S/C15H23NOS/c1-4-7-18-13-8-10-5-6-11(17)9-12(10)15(2,3)14(13)16/h5-6,9,13-14,17H,4,7-8,16H2,1-3H3/t13-,14+/m0/s1. The van der Waals surface area contributed by atoms with Gasteiger partial charge in [-0.2, -0.15) is 11.8 Å². The van der Waals surface area contributed by atoms with Gasteiger partial charge in [-0.1, -0.05) is 26.8 Å². The maximum Gasteiger partial charge on any atom is 0.115 e. The molecule has 100 valence electrons. The van der Waals surface area contributed by atoms with Gasteiger partial charge in [0.05, 0.1) is 0 Å². The number of rotatable bonds is 3. The second-order valence-corrected chi connectivity index (χ2v) is 7.05. The molecule has 3 heteroatoms. The summed E-state index contributed by atoms with van der Waals surface area (Å²) in [6.07, 6.45) is 2.21. The number of benzene rings is 1. The van der Waals surface area contributed by atoms with Crippen LogP contribution in [0.5, 0.6) is 5.75 Å². The van der Waals surface area contributed by atoms with Crippen LogP contribution >= 0.6 is 11.8 Å². The van der Waals surface area contributed by atoms with Crippen LogP contribution < -0.4 is 5.73 Å². The van der Waals surface area contributed by atoms with Crippen LogP contribution in [-0.2, 0) is 11.8 Å². The third-order valence-electron chi connectivity index (χ3n) is 3.98. The molecule has 3 N–H and O–H groups in total. The molecule has 2 atom stereocenters. The van der Waals surface area contributed by atoms with Gasteiger partial charge in [0.25, 0.3) is 0 Å². The van der Waals surface area contributed by atoms with E-state index < -0.39 is 0 Å². The number of phenolic OH excluding ortho intramolecular Hbond substituents is 1. The molecule has 0 unspecified atom stereocenters. The van der Waals surface area contributed by atoms with Crippen molar-refractivity contribution in [3.63, 3.8) is 0 Å². The maximum atomic E-state index is 9.67. The van der Waals surface area contributed by atoms with Crippen molar-refractivity contribution < 1.29 is 5.11 Å². The lowest BCUT2D eigenvalue weighted by atomic mass is 9.69. The third-order valence-corrected chi connectivity index (χ3v) is 5.51. The van der Waals surface area contributed by atoms with Gasteiger partial charge < -0.3 is 10.8 Å². The summed E-state index contributed by atoms with van der Waals surface area (Å²) < 4.78 is 0. The van der Waals surface area contributed by atoms with E-state index >= 15 is 0 Å². The van der Waals surface area contributed by atoms with Crippen molar-refractivity contribution in [1.29, 1.82) is 0 Å². The zero-order chi connectivity index (χ0) is 13.3. The summed E-state index contributed by atoms with van der Waals surface area (Å²) >= 11 is 1.99. The first kappa shape index (κ1) is 13.8. The summed E-state index contributed by atoms with van der Waals surface area (Å²) in [5.41, 5.74) is 8.94. The Kier molecular flexibility index (Phi) is 3.93. The third kappa shape index (κ3) is 2.39. The molecule has 0 spiro atoms. The first-order chi connectivity index (χ1) is 8.46. The largest absolute Gasteiger partial charge is 0.508 e. The van der Waals surface area contributed by atoms with Crippen LogP contribution in [0.4, 0.5) is 0 Å². The molecular formula is C15H23NOS. The SMILES string of the molecule is CCCS[C@H]1Cc2ccc(O)cc2C(C)(C)[C@@H]1N. The number of hydrogen-bond donors (Lipinski definition) is 2. The Bertz CT molecular complexity index is 431. The van der Waals surface area contributed by atoms with E-state index in [2.05, 4.69) is 26.8 Å². The molecule has 0 fully saturated rings. The van der Waals surface area contributed by atoms with Crippen molar-refractivity contribution >= 4 is 11.8 Å². The highest BCUT2D eigenvalue weighted by Crippen LogP contribution is 2.41. The summed E-state index contributed by atoms with van der Waals surface area (Å²) in [4.78, 5) is 0. The Morgan fingerprint density at radius 3 is 2.83 bits per heavy atom. The average molecular weight is 265 g/mol. The Morgan fingerprint density at radius 2 is 2.17 bits per heavy atom. The van der Waals surface area contributed by atoms with Gasteiger partial charge in [-0.05, 0) is 41.9 Å². The molecule has 0 amide bonds. The van der Waals surface area contributed by atoms with Crippen molar-refractivity contribution in [2.45, 2.75) is 50.3 Å². The molecule has 0 heterocycles. The highest BCUT2D eigenvalue weighted by atomic mass is 32.2. The van der Waals surface area contributed by atoms with Crippen LogP contribution in [0.1, 0.15) is 38.3 Å². The molecule has 1 aromatic rings. The Morgan fingerprint density at radius 1 is 1.44 bits per heavy atom. The highest BCUT2D eigenvalue weighted by molar-refractivity contribution is 7.99. The van der Waals surface area contributed by atoms with Gasteiger partial charge in [0.15, 0.2) is 0 Å². The maximum absolute atomic E-state index is 9.67. The number of aromatic hydroxyl groups is 1. The quantitative estimate of drug-likeness (QED) is 0.883. The molecule has 0 aromatic heterocycles. The first-order valence-electron chi connectivity index (χ1n) is 6.66. The second-order valence-electron chi connectivity index (χ2n) is 5.70. The molecule has 18 heavy (non-hydrogen) atoms. The van der Waals surface area contributed by atoms with Gasteiger partial charge in [0, 0.05) is 16.7 Å². The van der Waals surface area contributed by atoms with E-state index in [4.69, 9.17) is 5.73 Å². The predicted octanol–water partition coefficient (Wildman–Crippen LogP) is 3.07. The van der Waals surface area contributed by atoms with E-state index in [1.165, 1.54) is 23.3 Å². The summed E-state index contributed by atoms with van der Waals surface area (Å²) in [7, 11) is 0. The fourth-order valence-electron chi connectivity index (χ4n) is 2.76. The number of hydrogen-bond acceptors (Lipinski definition) is 3. The van der Waals surface area contributed by atoms with Crippen LogP contribution in [0.2, 0.25) is 0 Å². The minimum atomic E-state index is -0.0717. The fourth-order valence-corrected chi connectivity index (χ4v) is 4.15. The molecule has 0 saturated carbocycles. The normalized spacial score (nSPS) is 25.8. The number of fused-ring (bicyclic) bond motifs is 1. The van der Waals surface area contributed by atoms with Crippen molar-refractivity contribution in [3.05, 3.63) is 29.3 Å². The topological polar surface area (TPSA) is 46.2 Å². The highest BCUT2D eigenvalue weighted by Gasteiger charge is 2.40. The minimum absolute atomic E-state index is 0.0717. The van der Waals surface area contributed by atoms with E-state index in [-0.39, 0.29) is 11.5 Å². The molecule has 0 saturated heterocycles. The van der Waals surface area contributed by atoms with Crippen molar-refractivity contribution in [2.75, 3.05) is 5.75 Å². The van der Waals surface area contributed by atoms with E-state index in [0.29, 0.717) is 11.0 Å². The zero-order valence-electron chi connectivity index (χ0n) is 11.4. The minimum Gasteiger partial charge on any atom is -0.508 e. The molecule has 1 aliphatic carbocycles. The molecule has 1 aromatic carbocycles. The smallest absolute Gasteiger partial charge is 0.115 e. The Hall–Kier alpha value is -0.670. The average Bonchev–Trinajstić information content (AvgIpc) is 2.33. The number of thioether (sulfide) groups is 1. The Labute approximate surface area is 114 Å². The monoisotopic (exact) mass is 265 g/mol. The fraction of sp³-hybridized carbons (Fsp3) is 0.600. The van der Waals surface area contributed by atoms with E-state index in [9.17, 15) is 5.11 Å². The van der Waals surface area contributed by atoms with E-state index in [0.717, 1.165) is 6.42 Å². The lowest BCUT2D eigenvalue weighted by Gasteiger charge is -2.43. The molecule has 0 radical (unpaired) electrons. The van der Waals surface area contributed by atoms with E-state index in [1.54, 1.807) is 6.07 Å². The summed E-state index contributed by atoms with van der Waals surface area (Å²) in [5.74, 6) is 1.51. The number of nitrogens with two attached hydrogens (primary N) is 1. The molecule has 0 bridgehead atoms. The zero-order valence-corrected chi connectivity index (χ0v) is 12.3. The summed E-state index contributed by atoms with van der Waals surface area (Å²) in [5, 5.41) is 10.2. The van der Waals surface area contributed by atoms with Crippen LogP contribution in [-0.4, -0.2) is 22.2 Å². The number of phenols is 1. The van der Waals surface area contributed by atoms with Gasteiger partial charge in [-0.25, -0.2) is 0 Å². The molecule has 2 nitrogen and oxygen atoms in total. The Balaban J connectivity index is 2.34. The van der Waals surface area contributed by atoms with Crippen LogP contribution in [0.3, 0.4) is 0 Å². The van der Waals surface area contributed by atoms with Crippen molar-refractivity contribution in [1.82, 2.24) is 0 Å². The lowest BCUT2D eigenvalue weighted by molar-refractivity contribution is 0.369.